The van der Waals surface area contributed by atoms with Crippen molar-refractivity contribution in [3.63, 3.8) is 0 Å². The van der Waals surface area contributed by atoms with Gasteiger partial charge in [-0.05, 0) is 30.7 Å². The lowest BCUT2D eigenvalue weighted by Gasteiger charge is -2.10. The lowest BCUT2D eigenvalue weighted by molar-refractivity contribution is -0.137. The third-order valence-corrected chi connectivity index (χ3v) is 2.41. The first-order valence-corrected chi connectivity index (χ1v) is 5.05. The number of hydrogen-bond donors (Lipinski definition) is 0. The molecule has 18 heavy (non-hydrogen) atoms. The molecule has 0 unspecified atom stereocenters. The van der Waals surface area contributed by atoms with Crippen molar-refractivity contribution in [3.8, 4) is 11.8 Å². The number of nitrogens with zero attached hydrogens (tertiary/aromatic N) is 3. The van der Waals surface area contributed by atoms with Crippen molar-refractivity contribution in [2.75, 3.05) is 0 Å². The average Bonchev–Trinajstić information content (AvgIpc) is 2.74. The Balaban J connectivity index is 2.53. The van der Waals surface area contributed by atoms with Crippen LogP contribution < -0.4 is 0 Å². The summed E-state index contributed by atoms with van der Waals surface area (Å²) >= 11 is 0. The van der Waals surface area contributed by atoms with Crippen LogP contribution in [0.5, 0.6) is 0 Å². The Bertz CT molecular complexity index is 620. The molecule has 0 amide bonds. The molecule has 0 aliphatic carbocycles. The van der Waals surface area contributed by atoms with E-state index in [1.165, 1.54) is 16.8 Å². The Hall–Kier alpha value is -2.29. The lowest BCUT2D eigenvalue weighted by Crippen LogP contribution is -2.08. The maximum absolute atomic E-state index is 12.6. The first kappa shape index (κ1) is 12.2. The number of halogens is 3. The molecule has 1 aromatic carbocycles. The Morgan fingerprint density at radius 2 is 2.06 bits per heavy atom. The molecule has 0 spiro atoms. The van der Waals surface area contributed by atoms with Crippen LogP contribution in [0, 0.1) is 18.3 Å². The minimum atomic E-state index is -4.52. The first-order valence-electron chi connectivity index (χ1n) is 5.05. The highest BCUT2D eigenvalue weighted by atomic mass is 19.4. The van der Waals surface area contributed by atoms with Gasteiger partial charge in [0.1, 0.15) is 0 Å². The van der Waals surface area contributed by atoms with Crippen LogP contribution in [0.4, 0.5) is 13.2 Å². The molecule has 0 atom stereocenters. The van der Waals surface area contributed by atoms with Crippen LogP contribution >= 0.6 is 0 Å². The zero-order chi connectivity index (χ0) is 13.3. The fourth-order valence-corrected chi connectivity index (χ4v) is 1.57. The summed E-state index contributed by atoms with van der Waals surface area (Å²) < 4.78 is 39.2. The van der Waals surface area contributed by atoms with Crippen molar-refractivity contribution in [1.29, 1.82) is 5.26 Å². The number of rotatable bonds is 1. The van der Waals surface area contributed by atoms with Gasteiger partial charge in [-0.2, -0.15) is 23.5 Å². The Labute approximate surface area is 101 Å². The van der Waals surface area contributed by atoms with E-state index in [-0.39, 0.29) is 0 Å². The highest BCUT2D eigenvalue weighted by Crippen LogP contribution is 2.32. The van der Waals surface area contributed by atoms with Gasteiger partial charge in [-0.15, -0.1) is 0 Å². The summed E-state index contributed by atoms with van der Waals surface area (Å²) in [6.45, 7) is 1.82. The standard InChI is InChI=1S/C12H8F3N3/c1-8-6-17-18(7-8)10-2-3-11(12(13,14)15)9(4-10)5-16/h2-4,6-7H,1H3. The number of benzene rings is 1. The molecule has 0 radical (unpaired) electrons. The Morgan fingerprint density at radius 3 is 2.56 bits per heavy atom. The second-order valence-electron chi connectivity index (χ2n) is 3.80. The molecule has 0 fully saturated rings. The summed E-state index contributed by atoms with van der Waals surface area (Å²) in [6, 6.07) is 4.92. The second-order valence-corrected chi connectivity index (χ2v) is 3.80. The number of aryl methyl sites for hydroxylation is 1. The normalized spacial score (nSPS) is 11.3. The van der Waals surface area contributed by atoms with Crippen molar-refractivity contribution in [2.45, 2.75) is 13.1 Å². The van der Waals surface area contributed by atoms with E-state index in [0.717, 1.165) is 11.6 Å². The van der Waals surface area contributed by atoms with E-state index in [4.69, 9.17) is 5.26 Å². The van der Waals surface area contributed by atoms with Gasteiger partial charge in [0.25, 0.3) is 0 Å². The third-order valence-electron chi connectivity index (χ3n) is 2.41. The summed E-state index contributed by atoms with van der Waals surface area (Å²) in [5.41, 5.74) is -0.0353. The van der Waals surface area contributed by atoms with Crippen LogP contribution in [0.25, 0.3) is 5.69 Å². The van der Waals surface area contributed by atoms with Gasteiger partial charge in [0.2, 0.25) is 0 Å². The molecule has 0 saturated carbocycles. The molecule has 0 saturated heterocycles. The van der Waals surface area contributed by atoms with Crippen molar-refractivity contribution in [3.05, 3.63) is 47.3 Å². The molecule has 1 heterocycles. The maximum Gasteiger partial charge on any atom is 0.417 e. The molecule has 2 rings (SSSR count). The van der Waals surface area contributed by atoms with Gasteiger partial charge >= 0.3 is 6.18 Å². The Kier molecular flexibility index (Phi) is 2.83. The molecule has 0 aliphatic heterocycles. The van der Waals surface area contributed by atoms with E-state index in [9.17, 15) is 13.2 Å². The highest BCUT2D eigenvalue weighted by Gasteiger charge is 2.33. The highest BCUT2D eigenvalue weighted by molar-refractivity contribution is 5.47. The summed E-state index contributed by atoms with van der Waals surface area (Å²) in [6.07, 6.45) is -1.27. The van der Waals surface area contributed by atoms with Crippen LogP contribution in [0.3, 0.4) is 0 Å². The molecular weight excluding hydrogens is 243 g/mol. The van der Waals surface area contributed by atoms with Crippen LogP contribution in [-0.2, 0) is 6.18 Å². The van der Waals surface area contributed by atoms with Gasteiger partial charge in [-0.25, -0.2) is 4.68 Å². The monoisotopic (exact) mass is 251 g/mol. The smallest absolute Gasteiger partial charge is 0.241 e. The lowest BCUT2D eigenvalue weighted by atomic mass is 10.1. The molecule has 0 bridgehead atoms. The average molecular weight is 251 g/mol. The molecule has 2 aromatic rings. The summed E-state index contributed by atoms with van der Waals surface area (Å²) in [5, 5.41) is 12.8. The zero-order valence-corrected chi connectivity index (χ0v) is 9.36. The largest absolute Gasteiger partial charge is 0.417 e. The summed E-state index contributed by atoms with van der Waals surface area (Å²) in [7, 11) is 0. The minimum Gasteiger partial charge on any atom is -0.241 e. The topological polar surface area (TPSA) is 41.6 Å². The molecule has 0 aliphatic rings. The van der Waals surface area contributed by atoms with Gasteiger partial charge in [0.15, 0.2) is 0 Å². The number of aromatic nitrogens is 2. The van der Waals surface area contributed by atoms with Crippen LogP contribution in [0.2, 0.25) is 0 Å². The number of hydrogen-bond acceptors (Lipinski definition) is 2. The van der Waals surface area contributed by atoms with Crippen LogP contribution in [0.15, 0.2) is 30.6 Å². The molecule has 1 aromatic heterocycles. The van der Waals surface area contributed by atoms with Crippen molar-refractivity contribution in [2.24, 2.45) is 0 Å². The quantitative estimate of drug-likeness (QED) is 0.781. The van der Waals surface area contributed by atoms with E-state index >= 15 is 0 Å². The summed E-state index contributed by atoms with van der Waals surface area (Å²) in [5.74, 6) is 0. The molecular formula is C12H8F3N3. The molecule has 6 heteroatoms. The first-order chi connectivity index (χ1) is 8.41. The van der Waals surface area contributed by atoms with E-state index in [2.05, 4.69) is 5.10 Å². The minimum absolute atomic E-state index is 0.409. The van der Waals surface area contributed by atoms with Crippen LogP contribution in [0.1, 0.15) is 16.7 Å². The van der Waals surface area contributed by atoms with Crippen LogP contribution in [-0.4, -0.2) is 9.78 Å². The van der Waals surface area contributed by atoms with Crippen molar-refractivity contribution in [1.82, 2.24) is 9.78 Å². The van der Waals surface area contributed by atoms with Gasteiger partial charge in [0.05, 0.1) is 29.1 Å². The molecule has 0 N–H and O–H groups in total. The van der Waals surface area contributed by atoms with Gasteiger partial charge in [-0.1, -0.05) is 0 Å². The van der Waals surface area contributed by atoms with Gasteiger partial charge in [0, 0.05) is 6.20 Å². The predicted octanol–water partition coefficient (Wildman–Crippen LogP) is 3.07. The maximum atomic E-state index is 12.6. The second kappa shape index (κ2) is 4.18. The van der Waals surface area contributed by atoms with E-state index in [0.29, 0.717) is 5.69 Å². The Morgan fingerprint density at radius 1 is 1.33 bits per heavy atom. The number of alkyl halides is 3. The van der Waals surface area contributed by atoms with Gasteiger partial charge < -0.3 is 0 Å². The number of nitriles is 1. The molecule has 92 valence electrons. The predicted molar refractivity (Wildman–Crippen MR) is 58.0 cm³/mol. The summed E-state index contributed by atoms with van der Waals surface area (Å²) in [4.78, 5) is 0. The molecule has 3 nitrogen and oxygen atoms in total. The van der Waals surface area contributed by atoms with Gasteiger partial charge in [-0.3, -0.25) is 0 Å². The van der Waals surface area contributed by atoms with E-state index in [1.54, 1.807) is 18.5 Å². The van der Waals surface area contributed by atoms with Crippen molar-refractivity contribution < 1.29 is 13.2 Å². The SMILES string of the molecule is Cc1cnn(-c2ccc(C(F)(F)F)c(C#N)c2)c1. The van der Waals surface area contributed by atoms with Crippen molar-refractivity contribution >= 4 is 0 Å². The third kappa shape index (κ3) is 2.20. The van der Waals surface area contributed by atoms with E-state index in [1.807, 2.05) is 6.92 Å². The fraction of sp³-hybridized carbons (Fsp3) is 0.167. The van der Waals surface area contributed by atoms with E-state index < -0.39 is 17.3 Å². The zero-order valence-electron chi connectivity index (χ0n) is 9.36. The fourth-order valence-electron chi connectivity index (χ4n) is 1.57.